The smallest absolute Gasteiger partial charge is 0.173 e. The fourth-order valence-electron chi connectivity index (χ4n) is 4.52. The molecule has 0 aromatic carbocycles. The lowest BCUT2D eigenvalue weighted by Gasteiger charge is -2.46. The Labute approximate surface area is 180 Å². The molecule has 2 aliphatic heterocycles. The van der Waals surface area contributed by atoms with E-state index in [1.165, 1.54) is 37.2 Å². The molecule has 2 saturated heterocycles. The van der Waals surface area contributed by atoms with E-state index in [9.17, 15) is 4.79 Å². The highest BCUT2D eigenvalue weighted by molar-refractivity contribution is 8.20. The molecular weight excluding hydrogens is 388 g/mol. The number of hydrogen-bond acceptors (Lipinski definition) is 5. The van der Waals surface area contributed by atoms with Gasteiger partial charge in [-0.2, -0.15) is 0 Å². The zero-order valence-corrected chi connectivity index (χ0v) is 19.5. The highest BCUT2D eigenvalue weighted by Gasteiger charge is 2.56. The maximum atomic E-state index is 12.4. The Morgan fingerprint density at radius 1 is 1.07 bits per heavy atom. The minimum Gasteiger partial charge on any atom is -0.349 e. The lowest BCUT2D eigenvalue weighted by atomic mass is 9.90. The quantitative estimate of drug-likeness (QED) is 0.330. The number of unbranched alkanes of at least 4 members (excludes halogenated alkanes) is 4. The Morgan fingerprint density at radius 2 is 1.75 bits per heavy atom. The Bertz CT molecular complexity index is 530. The van der Waals surface area contributed by atoms with Crippen LogP contribution in [0.1, 0.15) is 72.1 Å². The van der Waals surface area contributed by atoms with Crippen LogP contribution >= 0.6 is 23.5 Å². The van der Waals surface area contributed by atoms with Gasteiger partial charge in [-0.1, -0.05) is 52.5 Å². The molecule has 0 radical (unpaired) electrons. The third-order valence-electron chi connectivity index (χ3n) is 6.21. The van der Waals surface area contributed by atoms with Gasteiger partial charge in [0.1, 0.15) is 0 Å². The molecule has 3 rings (SSSR count). The minimum absolute atomic E-state index is 0.0907. The summed E-state index contributed by atoms with van der Waals surface area (Å²) in [5.41, 5.74) is 0.0907. The molecule has 160 valence electrons. The molecule has 1 saturated carbocycles. The van der Waals surface area contributed by atoms with E-state index in [4.69, 9.17) is 9.47 Å². The second-order valence-corrected chi connectivity index (χ2v) is 12.2. The molecule has 0 amide bonds. The van der Waals surface area contributed by atoms with Crippen LogP contribution in [0.15, 0.2) is 12.2 Å². The molecule has 2 atom stereocenters. The maximum absolute atomic E-state index is 12.4. The van der Waals surface area contributed by atoms with Crippen molar-refractivity contribution in [3.05, 3.63) is 12.2 Å². The normalized spacial score (nSPS) is 29.8. The summed E-state index contributed by atoms with van der Waals surface area (Å²) < 4.78 is 13.4. The van der Waals surface area contributed by atoms with Crippen LogP contribution in [-0.2, 0) is 14.3 Å². The van der Waals surface area contributed by atoms with Crippen LogP contribution in [0.4, 0.5) is 0 Å². The number of allylic oxidation sites excluding steroid dienone is 2. The second kappa shape index (κ2) is 10.4. The maximum Gasteiger partial charge on any atom is 0.173 e. The van der Waals surface area contributed by atoms with Gasteiger partial charge in [0.05, 0.1) is 17.8 Å². The molecule has 0 aromatic heterocycles. The SMILES string of the molecule is CCCCCCCC(=O)C=CC1CCC2(OCC(C)(C)CO2)C1C1SCCS1. The van der Waals surface area contributed by atoms with Gasteiger partial charge in [0.15, 0.2) is 11.6 Å². The molecule has 3 nitrogen and oxygen atoms in total. The molecule has 2 unspecified atom stereocenters. The Morgan fingerprint density at radius 3 is 2.43 bits per heavy atom. The number of carbonyl (C=O) groups excluding carboxylic acids is 1. The molecule has 3 aliphatic rings. The first-order valence-corrected chi connectivity index (χ1v) is 13.3. The van der Waals surface area contributed by atoms with Crippen molar-refractivity contribution >= 4 is 29.3 Å². The van der Waals surface area contributed by atoms with Crippen LogP contribution in [0.5, 0.6) is 0 Å². The van der Waals surface area contributed by atoms with E-state index >= 15 is 0 Å². The molecule has 0 N–H and O–H groups in total. The first kappa shape index (κ1) is 22.7. The fourth-order valence-corrected chi connectivity index (χ4v) is 7.95. The first-order chi connectivity index (χ1) is 13.5. The molecule has 3 fully saturated rings. The minimum atomic E-state index is -0.442. The summed E-state index contributed by atoms with van der Waals surface area (Å²) in [5, 5.41) is 0. The summed E-state index contributed by atoms with van der Waals surface area (Å²) in [4.78, 5) is 12.4. The van der Waals surface area contributed by atoms with Crippen molar-refractivity contribution in [3.63, 3.8) is 0 Å². The predicted molar refractivity (Wildman–Crippen MR) is 121 cm³/mol. The third-order valence-corrected chi connectivity index (χ3v) is 9.40. The summed E-state index contributed by atoms with van der Waals surface area (Å²) in [6.07, 6.45) is 12.7. The summed E-state index contributed by atoms with van der Waals surface area (Å²) in [7, 11) is 0. The third kappa shape index (κ3) is 5.80. The van der Waals surface area contributed by atoms with E-state index < -0.39 is 5.79 Å². The van der Waals surface area contributed by atoms with E-state index in [0.29, 0.717) is 22.8 Å². The largest absolute Gasteiger partial charge is 0.349 e. The number of thioether (sulfide) groups is 2. The van der Waals surface area contributed by atoms with E-state index in [1.54, 1.807) is 0 Å². The van der Waals surface area contributed by atoms with Crippen molar-refractivity contribution in [1.29, 1.82) is 0 Å². The number of ketones is 1. The summed E-state index contributed by atoms with van der Waals surface area (Å²) in [5.74, 6) is 2.99. The van der Waals surface area contributed by atoms with Crippen LogP contribution in [-0.4, -0.2) is 40.9 Å². The second-order valence-electron chi connectivity index (χ2n) is 9.38. The molecule has 2 heterocycles. The highest BCUT2D eigenvalue weighted by Crippen LogP contribution is 2.55. The van der Waals surface area contributed by atoms with Gasteiger partial charge >= 0.3 is 0 Å². The predicted octanol–water partition coefficient (Wildman–Crippen LogP) is 6.07. The molecular formula is C23H38O3S2. The van der Waals surface area contributed by atoms with Crippen molar-refractivity contribution < 1.29 is 14.3 Å². The molecule has 28 heavy (non-hydrogen) atoms. The zero-order valence-electron chi connectivity index (χ0n) is 17.9. The van der Waals surface area contributed by atoms with Gasteiger partial charge in [0.2, 0.25) is 0 Å². The number of ether oxygens (including phenoxy) is 2. The van der Waals surface area contributed by atoms with Crippen LogP contribution in [0.25, 0.3) is 0 Å². The van der Waals surface area contributed by atoms with Gasteiger partial charge in [-0.15, -0.1) is 23.5 Å². The summed E-state index contributed by atoms with van der Waals surface area (Å²) in [6, 6.07) is 0. The summed E-state index contributed by atoms with van der Waals surface area (Å²) in [6.45, 7) is 8.16. The molecule has 5 heteroatoms. The van der Waals surface area contributed by atoms with Crippen molar-refractivity contribution in [3.8, 4) is 0 Å². The Kier molecular flexibility index (Phi) is 8.41. The summed E-state index contributed by atoms with van der Waals surface area (Å²) >= 11 is 4.10. The van der Waals surface area contributed by atoms with Crippen LogP contribution in [0.2, 0.25) is 0 Å². The van der Waals surface area contributed by atoms with Gasteiger partial charge in [-0.3, -0.25) is 4.79 Å². The lowest BCUT2D eigenvalue weighted by Crippen LogP contribution is -2.52. The van der Waals surface area contributed by atoms with Crippen molar-refractivity contribution in [1.82, 2.24) is 0 Å². The standard InChI is InChI=1S/C23H38O3S2/c1-4-5-6-7-8-9-19(24)11-10-18-12-13-23(20(18)21-27-14-15-28-21)25-16-22(2,3)17-26-23/h10-11,18,20-21H,4-9,12-17H2,1-3H3. The Balaban J connectivity index is 1.59. The first-order valence-electron chi connectivity index (χ1n) is 11.2. The average molecular weight is 427 g/mol. The van der Waals surface area contributed by atoms with Gasteiger partial charge in [0, 0.05) is 35.7 Å². The lowest BCUT2D eigenvalue weighted by molar-refractivity contribution is -0.313. The Hall–Kier alpha value is 0.0300. The van der Waals surface area contributed by atoms with Crippen LogP contribution in [0.3, 0.4) is 0 Å². The van der Waals surface area contributed by atoms with Gasteiger partial charge in [-0.25, -0.2) is 0 Å². The monoisotopic (exact) mass is 426 g/mol. The van der Waals surface area contributed by atoms with E-state index in [2.05, 4.69) is 50.4 Å². The van der Waals surface area contributed by atoms with Crippen molar-refractivity contribution in [2.24, 2.45) is 17.3 Å². The number of carbonyl (C=O) groups is 1. The average Bonchev–Trinajstić information content (AvgIpc) is 3.30. The van der Waals surface area contributed by atoms with Gasteiger partial charge in [-0.05, 0) is 24.8 Å². The number of hydrogen-bond donors (Lipinski definition) is 0. The topological polar surface area (TPSA) is 35.5 Å². The van der Waals surface area contributed by atoms with Crippen molar-refractivity contribution in [2.45, 2.75) is 82.5 Å². The van der Waals surface area contributed by atoms with Crippen LogP contribution < -0.4 is 0 Å². The van der Waals surface area contributed by atoms with Gasteiger partial charge in [0.25, 0.3) is 0 Å². The van der Waals surface area contributed by atoms with Gasteiger partial charge < -0.3 is 9.47 Å². The van der Waals surface area contributed by atoms with Crippen molar-refractivity contribution in [2.75, 3.05) is 24.7 Å². The molecule has 1 spiro atoms. The number of rotatable bonds is 9. The zero-order chi connectivity index (χ0) is 20.0. The van der Waals surface area contributed by atoms with E-state index in [1.807, 2.05) is 6.08 Å². The molecule has 0 aromatic rings. The molecule has 0 bridgehead atoms. The molecule has 1 aliphatic carbocycles. The highest BCUT2D eigenvalue weighted by atomic mass is 32.2. The van der Waals surface area contributed by atoms with E-state index in [0.717, 1.165) is 32.5 Å². The fraction of sp³-hybridized carbons (Fsp3) is 0.870. The van der Waals surface area contributed by atoms with Crippen LogP contribution in [0, 0.1) is 17.3 Å². The van der Waals surface area contributed by atoms with E-state index in [-0.39, 0.29) is 11.2 Å².